The fourth-order valence-electron chi connectivity index (χ4n) is 2.94. The minimum atomic E-state index is -0.0471. The van der Waals surface area contributed by atoms with Gasteiger partial charge in [0.25, 0.3) is 0 Å². The Hall–Kier alpha value is -2.10. The zero-order valence-electron chi connectivity index (χ0n) is 13.7. The molecule has 0 bridgehead atoms. The maximum absolute atomic E-state index is 5.47. The summed E-state index contributed by atoms with van der Waals surface area (Å²) in [6.07, 6.45) is 3.93. The van der Waals surface area contributed by atoms with Crippen LogP contribution in [0.25, 0.3) is 0 Å². The maximum atomic E-state index is 5.47. The molecule has 1 aliphatic carbocycles. The SMILES string of the molecule is COc1cccc2c1CCC2Nc1ccnc(C(C)(C)C)n1. The average Bonchev–Trinajstić information content (AvgIpc) is 2.90. The number of aromatic nitrogens is 2. The molecule has 1 aromatic heterocycles. The number of benzene rings is 1. The van der Waals surface area contributed by atoms with E-state index in [4.69, 9.17) is 4.74 Å². The standard InChI is InChI=1S/C18H23N3O/c1-18(2,3)17-19-11-10-16(21-17)20-14-9-8-13-12(14)6-5-7-15(13)22-4/h5-7,10-11,14H,8-9H2,1-4H3,(H,19,20,21). The van der Waals surface area contributed by atoms with E-state index in [9.17, 15) is 0 Å². The summed E-state index contributed by atoms with van der Waals surface area (Å²) in [5.74, 6) is 2.74. The van der Waals surface area contributed by atoms with Gasteiger partial charge in [-0.25, -0.2) is 9.97 Å². The number of hydrogen-bond donors (Lipinski definition) is 1. The summed E-state index contributed by atoms with van der Waals surface area (Å²) in [7, 11) is 1.73. The zero-order valence-corrected chi connectivity index (χ0v) is 13.7. The number of ether oxygens (including phenoxy) is 1. The molecule has 4 nitrogen and oxygen atoms in total. The third kappa shape index (κ3) is 2.78. The second-order valence-corrected chi connectivity index (χ2v) is 6.78. The Bertz CT molecular complexity index is 676. The molecule has 22 heavy (non-hydrogen) atoms. The molecule has 1 heterocycles. The minimum absolute atomic E-state index is 0.0471. The van der Waals surface area contributed by atoms with E-state index in [1.807, 2.05) is 18.3 Å². The van der Waals surface area contributed by atoms with Crippen molar-refractivity contribution in [2.75, 3.05) is 12.4 Å². The Morgan fingerprint density at radius 2 is 2.05 bits per heavy atom. The fraction of sp³-hybridized carbons (Fsp3) is 0.444. The Morgan fingerprint density at radius 1 is 1.23 bits per heavy atom. The van der Waals surface area contributed by atoms with Gasteiger partial charge >= 0.3 is 0 Å². The normalized spacial score (nSPS) is 17.2. The molecule has 4 heteroatoms. The van der Waals surface area contributed by atoms with Gasteiger partial charge < -0.3 is 10.1 Å². The molecule has 1 unspecified atom stereocenters. The van der Waals surface area contributed by atoms with E-state index >= 15 is 0 Å². The van der Waals surface area contributed by atoms with Gasteiger partial charge in [0.2, 0.25) is 0 Å². The first-order valence-electron chi connectivity index (χ1n) is 7.75. The molecule has 0 spiro atoms. The highest BCUT2D eigenvalue weighted by Gasteiger charge is 2.25. The monoisotopic (exact) mass is 297 g/mol. The van der Waals surface area contributed by atoms with E-state index in [1.165, 1.54) is 11.1 Å². The van der Waals surface area contributed by atoms with Crippen LogP contribution in [0.1, 0.15) is 50.2 Å². The first-order valence-corrected chi connectivity index (χ1v) is 7.75. The van der Waals surface area contributed by atoms with Crippen molar-refractivity contribution >= 4 is 5.82 Å². The average molecular weight is 297 g/mol. The van der Waals surface area contributed by atoms with Gasteiger partial charge in [-0.05, 0) is 36.1 Å². The molecule has 0 radical (unpaired) electrons. The molecule has 3 rings (SSSR count). The van der Waals surface area contributed by atoms with Crippen molar-refractivity contribution in [3.63, 3.8) is 0 Å². The topological polar surface area (TPSA) is 47.0 Å². The predicted octanol–water partition coefficient (Wildman–Crippen LogP) is 3.88. The molecule has 0 saturated carbocycles. The van der Waals surface area contributed by atoms with Gasteiger partial charge in [-0.15, -0.1) is 0 Å². The molecular formula is C18H23N3O. The lowest BCUT2D eigenvalue weighted by atomic mass is 9.96. The van der Waals surface area contributed by atoms with Crippen molar-refractivity contribution in [1.82, 2.24) is 9.97 Å². The largest absolute Gasteiger partial charge is 0.496 e. The molecule has 116 valence electrons. The summed E-state index contributed by atoms with van der Waals surface area (Å²) in [6, 6.07) is 8.48. The Balaban J connectivity index is 1.85. The third-order valence-corrected chi connectivity index (χ3v) is 4.10. The van der Waals surface area contributed by atoms with Crippen LogP contribution in [0.15, 0.2) is 30.5 Å². The van der Waals surface area contributed by atoms with Gasteiger partial charge in [-0.3, -0.25) is 0 Å². The Morgan fingerprint density at radius 3 is 2.77 bits per heavy atom. The summed E-state index contributed by atoms with van der Waals surface area (Å²) < 4.78 is 5.47. The summed E-state index contributed by atoms with van der Waals surface area (Å²) >= 11 is 0. The van der Waals surface area contributed by atoms with Crippen molar-refractivity contribution in [3.05, 3.63) is 47.4 Å². The number of hydrogen-bond acceptors (Lipinski definition) is 4. The number of nitrogens with one attached hydrogen (secondary N) is 1. The summed E-state index contributed by atoms with van der Waals surface area (Å²) in [5.41, 5.74) is 2.58. The van der Waals surface area contributed by atoms with Gasteiger partial charge in [-0.1, -0.05) is 32.9 Å². The van der Waals surface area contributed by atoms with Crippen LogP contribution >= 0.6 is 0 Å². The number of methoxy groups -OCH3 is 1. The lowest BCUT2D eigenvalue weighted by Crippen LogP contribution is -2.17. The highest BCUT2D eigenvalue weighted by Crippen LogP contribution is 2.38. The molecule has 1 aliphatic rings. The van der Waals surface area contributed by atoms with Gasteiger partial charge in [-0.2, -0.15) is 0 Å². The molecule has 0 aliphatic heterocycles. The van der Waals surface area contributed by atoms with Crippen LogP contribution in [0.5, 0.6) is 5.75 Å². The summed E-state index contributed by atoms with van der Waals surface area (Å²) in [4.78, 5) is 9.06. The molecular weight excluding hydrogens is 274 g/mol. The molecule has 1 aromatic carbocycles. The quantitative estimate of drug-likeness (QED) is 0.934. The van der Waals surface area contributed by atoms with Crippen LogP contribution < -0.4 is 10.1 Å². The van der Waals surface area contributed by atoms with Crippen molar-refractivity contribution in [2.24, 2.45) is 0 Å². The highest BCUT2D eigenvalue weighted by atomic mass is 16.5. The van der Waals surface area contributed by atoms with Crippen molar-refractivity contribution in [1.29, 1.82) is 0 Å². The number of rotatable bonds is 3. The van der Waals surface area contributed by atoms with Crippen LogP contribution in [-0.4, -0.2) is 17.1 Å². The minimum Gasteiger partial charge on any atom is -0.496 e. The van der Waals surface area contributed by atoms with Crippen molar-refractivity contribution < 1.29 is 4.74 Å². The molecule has 0 amide bonds. The maximum Gasteiger partial charge on any atom is 0.135 e. The number of anilines is 1. The summed E-state index contributed by atoms with van der Waals surface area (Å²) in [5, 5.41) is 3.55. The lowest BCUT2D eigenvalue weighted by molar-refractivity contribution is 0.410. The van der Waals surface area contributed by atoms with Crippen molar-refractivity contribution in [2.45, 2.75) is 45.1 Å². The highest BCUT2D eigenvalue weighted by molar-refractivity contribution is 5.49. The van der Waals surface area contributed by atoms with E-state index in [0.717, 1.165) is 30.2 Å². The Kier molecular flexibility index (Phi) is 3.77. The first kappa shape index (κ1) is 14.8. The van der Waals surface area contributed by atoms with Crippen LogP contribution in [0.3, 0.4) is 0 Å². The van der Waals surface area contributed by atoms with Crippen LogP contribution in [-0.2, 0) is 11.8 Å². The second-order valence-electron chi connectivity index (χ2n) is 6.78. The van der Waals surface area contributed by atoms with Crippen LogP contribution in [0, 0.1) is 0 Å². The summed E-state index contributed by atoms with van der Waals surface area (Å²) in [6.45, 7) is 6.38. The fourth-order valence-corrected chi connectivity index (χ4v) is 2.94. The van der Waals surface area contributed by atoms with Gasteiger partial charge in [0.05, 0.1) is 13.2 Å². The van der Waals surface area contributed by atoms with Crippen molar-refractivity contribution in [3.8, 4) is 5.75 Å². The number of fused-ring (bicyclic) bond motifs is 1. The second kappa shape index (κ2) is 5.59. The number of nitrogens with zero attached hydrogens (tertiary/aromatic N) is 2. The van der Waals surface area contributed by atoms with E-state index in [-0.39, 0.29) is 11.5 Å². The Labute approximate surface area is 132 Å². The van der Waals surface area contributed by atoms with E-state index in [0.29, 0.717) is 0 Å². The molecule has 1 N–H and O–H groups in total. The lowest BCUT2D eigenvalue weighted by Gasteiger charge is -2.19. The van der Waals surface area contributed by atoms with Crippen LogP contribution in [0.2, 0.25) is 0 Å². The molecule has 0 saturated heterocycles. The molecule has 1 atom stereocenters. The van der Waals surface area contributed by atoms with Crippen LogP contribution in [0.4, 0.5) is 5.82 Å². The predicted molar refractivity (Wildman–Crippen MR) is 88.4 cm³/mol. The van der Waals surface area contributed by atoms with Gasteiger partial charge in [0.1, 0.15) is 17.4 Å². The molecule has 0 fully saturated rings. The third-order valence-electron chi connectivity index (χ3n) is 4.10. The van der Waals surface area contributed by atoms with E-state index in [1.54, 1.807) is 7.11 Å². The smallest absolute Gasteiger partial charge is 0.135 e. The first-order chi connectivity index (χ1) is 10.5. The zero-order chi connectivity index (χ0) is 15.7. The molecule has 2 aromatic rings. The van der Waals surface area contributed by atoms with Gasteiger partial charge in [0.15, 0.2) is 0 Å². The van der Waals surface area contributed by atoms with E-state index < -0.39 is 0 Å². The van der Waals surface area contributed by atoms with E-state index in [2.05, 4.69) is 48.2 Å². The van der Waals surface area contributed by atoms with Gasteiger partial charge in [0, 0.05) is 11.6 Å².